The minimum Gasteiger partial charge on any atom is -0.394 e. The summed E-state index contributed by atoms with van der Waals surface area (Å²) in [4.78, 5) is 0. The maximum Gasteiger partial charge on any atom is 0.187 e. The van der Waals surface area contributed by atoms with E-state index in [1.165, 1.54) is 0 Å². The highest BCUT2D eigenvalue weighted by molar-refractivity contribution is 14.0. The van der Waals surface area contributed by atoms with Crippen LogP contribution in [0.4, 0.5) is 0 Å². The van der Waals surface area contributed by atoms with E-state index in [0.717, 1.165) is 0 Å². The lowest BCUT2D eigenvalue weighted by Gasteiger charge is -1.80. The molecule has 0 radical (unpaired) electrons. The summed E-state index contributed by atoms with van der Waals surface area (Å²) in [6.45, 7) is 3.44. The fraction of sp³-hybridized carbons (Fsp3) is 1.00. The summed E-state index contributed by atoms with van der Waals surface area (Å²) in [5.41, 5.74) is 0. The van der Waals surface area contributed by atoms with Gasteiger partial charge in [-0.05, 0) is 13.8 Å². The van der Waals surface area contributed by atoms with Crippen LogP contribution in [0.1, 0.15) is 13.8 Å². The summed E-state index contributed by atoms with van der Waals surface area (Å²) in [6.07, 6.45) is -0.167. The zero-order valence-corrected chi connectivity index (χ0v) is 5.76. The number of aliphatic hydroxyl groups excluding tert-OH is 1. The molecule has 0 aliphatic rings. The summed E-state index contributed by atoms with van der Waals surface area (Å²) < 4.78 is 0. The van der Waals surface area contributed by atoms with Crippen molar-refractivity contribution in [3.63, 3.8) is 0 Å². The Labute approximate surface area is 66.3 Å². The van der Waals surface area contributed by atoms with Crippen LogP contribution in [-0.4, -0.2) is 28.6 Å². The Morgan fingerprint density at radius 1 is 1.33 bits per heavy atom. The van der Waals surface area contributed by atoms with Crippen LogP contribution in [0.2, 0.25) is 0 Å². The van der Waals surface area contributed by atoms with Crippen molar-refractivity contribution in [3.8, 4) is 0 Å². The van der Waals surface area contributed by atoms with Crippen molar-refractivity contribution in [2.75, 3.05) is 0 Å². The van der Waals surface area contributed by atoms with Gasteiger partial charge in [-0.15, -0.1) is 24.0 Å². The Bertz CT molecular complexity index is 15.5. The van der Waals surface area contributed by atoms with Crippen LogP contribution in [0.5, 0.6) is 0 Å². The first-order valence-electron chi connectivity index (χ1n) is 1.41. The van der Waals surface area contributed by atoms with E-state index in [2.05, 4.69) is 0 Å². The van der Waals surface area contributed by atoms with Gasteiger partial charge in [0.1, 0.15) is 0 Å². The molecule has 0 aliphatic heterocycles. The molecule has 1 nitrogen and oxygen atoms in total. The molecule has 0 aromatic heterocycles. The van der Waals surface area contributed by atoms with Crippen LogP contribution < -0.4 is 0 Å². The lowest BCUT2D eigenvalue weighted by Crippen LogP contribution is -1.85. The van der Waals surface area contributed by atoms with Gasteiger partial charge in [-0.3, -0.25) is 0 Å². The summed E-state index contributed by atoms with van der Waals surface area (Å²) in [5.74, 6) is 0. The average Bonchev–Trinajstić information content (AvgIpc) is 0.811. The summed E-state index contributed by atoms with van der Waals surface area (Å²) in [6, 6.07) is 0. The van der Waals surface area contributed by atoms with Crippen LogP contribution >= 0.6 is 24.0 Å². The third-order valence-electron chi connectivity index (χ3n) is 0. The SMILES string of the molecule is CC(C)O.I.[AlH3]. The molecular weight excluding hydrogens is 206 g/mol. The molecule has 0 unspecified atom stereocenters. The standard InChI is InChI=1S/C3H8O.Al.HI.3H/c1-3(2)4;;;;;/h3-4H,1-2H3;;1H;;;. The number of hydrogen-bond acceptors (Lipinski definition) is 1. The number of halogens is 1. The van der Waals surface area contributed by atoms with E-state index < -0.39 is 0 Å². The normalized spacial score (nSPS) is 6.00. The largest absolute Gasteiger partial charge is 0.394 e. The Kier molecular flexibility index (Phi) is 24.9. The lowest BCUT2D eigenvalue weighted by molar-refractivity contribution is 0.216. The van der Waals surface area contributed by atoms with Crippen LogP contribution in [0.15, 0.2) is 0 Å². The van der Waals surface area contributed by atoms with Crippen molar-refractivity contribution in [1.82, 2.24) is 0 Å². The molecule has 0 rings (SSSR count). The van der Waals surface area contributed by atoms with Crippen molar-refractivity contribution >= 4 is 41.3 Å². The monoisotopic (exact) mass is 218 g/mol. The second-order valence-electron chi connectivity index (χ2n) is 1.09. The molecular formula is C3H12AlIO. The van der Waals surface area contributed by atoms with Crippen LogP contribution in [0.3, 0.4) is 0 Å². The molecule has 0 aromatic rings. The van der Waals surface area contributed by atoms with Gasteiger partial charge >= 0.3 is 0 Å². The second kappa shape index (κ2) is 9.52. The highest BCUT2D eigenvalue weighted by atomic mass is 127. The predicted octanol–water partition coefficient (Wildman–Crippen LogP) is -0.179. The third-order valence-corrected chi connectivity index (χ3v) is 0. The first kappa shape index (κ1) is 15.7. The molecule has 0 atom stereocenters. The van der Waals surface area contributed by atoms with Gasteiger partial charge in [0.2, 0.25) is 0 Å². The molecule has 0 saturated heterocycles. The summed E-state index contributed by atoms with van der Waals surface area (Å²) in [5, 5.41) is 8.06. The Morgan fingerprint density at radius 3 is 1.33 bits per heavy atom. The summed E-state index contributed by atoms with van der Waals surface area (Å²) >= 11 is 0. The van der Waals surface area contributed by atoms with E-state index in [1.54, 1.807) is 13.8 Å². The molecule has 0 heterocycles. The molecule has 0 saturated carbocycles. The van der Waals surface area contributed by atoms with E-state index >= 15 is 0 Å². The first-order valence-corrected chi connectivity index (χ1v) is 1.41. The van der Waals surface area contributed by atoms with E-state index in [-0.39, 0.29) is 47.4 Å². The van der Waals surface area contributed by atoms with Crippen molar-refractivity contribution < 1.29 is 5.11 Å². The Hall–Kier alpha value is 1.22. The van der Waals surface area contributed by atoms with Crippen molar-refractivity contribution in [2.24, 2.45) is 0 Å². The molecule has 0 spiro atoms. The van der Waals surface area contributed by atoms with Gasteiger partial charge in [-0.2, -0.15) is 0 Å². The van der Waals surface area contributed by atoms with Gasteiger partial charge in [0.05, 0.1) is 0 Å². The van der Waals surface area contributed by atoms with Gasteiger partial charge < -0.3 is 5.11 Å². The van der Waals surface area contributed by atoms with E-state index in [9.17, 15) is 0 Å². The number of aliphatic hydroxyl groups is 1. The van der Waals surface area contributed by atoms with Crippen LogP contribution in [0, 0.1) is 0 Å². The minimum absolute atomic E-state index is 0. The van der Waals surface area contributed by atoms with Gasteiger partial charge in [0, 0.05) is 6.10 Å². The first-order chi connectivity index (χ1) is 1.73. The molecule has 0 aromatic carbocycles. The van der Waals surface area contributed by atoms with Gasteiger partial charge in [-0.25, -0.2) is 0 Å². The highest BCUT2D eigenvalue weighted by Gasteiger charge is 1.69. The quantitative estimate of drug-likeness (QED) is 0.441. The molecule has 6 heavy (non-hydrogen) atoms. The Balaban J connectivity index is -0.0000000450. The van der Waals surface area contributed by atoms with Gasteiger partial charge in [0.15, 0.2) is 17.4 Å². The molecule has 0 amide bonds. The fourth-order valence-corrected chi connectivity index (χ4v) is 0. The van der Waals surface area contributed by atoms with Crippen LogP contribution in [0.25, 0.3) is 0 Å². The van der Waals surface area contributed by atoms with E-state index in [0.29, 0.717) is 0 Å². The zero-order valence-electron chi connectivity index (χ0n) is 3.43. The van der Waals surface area contributed by atoms with Crippen molar-refractivity contribution in [1.29, 1.82) is 0 Å². The van der Waals surface area contributed by atoms with Crippen LogP contribution in [-0.2, 0) is 0 Å². The molecule has 0 bridgehead atoms. The molecule has 0 aliphatic carbocycles. The maximum atomic E-state index is 8.06. The average molecular weight is 218 g/mol. The molecule has 0 fully saturated rings. The van der Waals surface area contributed by atoms with Crippen molar-refractivity contribution in [2.45, 2.75) is 20.0 Å². The second-order valence-corrected chi connectivity index (χ2v) is 1.09. The highest BCUT2D eigenvalue weighted by Crippen LogP contribution is 1.65. The smallest absolute Gasteiger partial charge is 0.187 e. The van der Waals surface area contributed by atoms with Crippen molar-refractivity contribution in [3.05, 3.63) is 0 Å². The maximum absolute atomic E-state index is 8.06. The lowest BCUT2D eigenvalue weighted by atomic mass is 10.5. The van der Waals surface area contributed by atoms with Gasteiger partial charge in [-0.1, -0.05) is 0 Å². The summed E-state index contributed by atoms with van der Waals surface area (Å²) in [7, 11) is 0. The fourth-order valence-electron chi connectivity index (χ4n) is 0. The number of rotatable bonds is 0. The van der Waals surface area contributed by atoms with E-state index in [4.69, 9.17) is 5.11 Å². The molecule has 1 N–H and O–H groups in total. The molecule has 3 heteroatoms. The molecule has 40 valence electrons. The predicted molar refractivity (Wildman–Crippen MR) is 42.7 cm³/mol. The Morgan fingerprint density at radius 2 is 1.33 bits per heavy atom. The topological polar surface area (TPSA) is 20.2 Å². The zero-order chi connectivity index (χ0) is 3.58. The third kappa shape index (κ3) is 62.3. The number of hydrogen-bond donors (Lipinski definition) is 1. The van der Waals surface area contributed by atoms with Gasteiger partial charge in [0.25, 0.3) is 0 Å². The van der Waals surface area contributed by atoms with E-state index in [1.807, 2.05) is 0 Å². The minimum atomic E-state index is -0.167.